The van der Waals surface area contributed by atoms with Gasteiger partial charge in [0.2, 0.25) is 5.75 Å². The molecule has 0 saturated carbocycles. The number of aryl methyl sites for hydroxylation is 1. The largest absolute Gasteiger partial charge is 0.493 e. The average molecular weight is 388 g/mol. The molecule has 0 atom stereocenters. The predicted octanol–water partition coefficient (Wildman–Crippen LogP) is 3.18. The van der Waals surface area contributed by atoms with Gasteiger partial charge in [-0.1, -0.05) is 12.1 Å². The molecule has 2 aromatic rings. The van der Waals surface area contributed by atoms with Crippen molar-refractivity contribution in [3.05, 3.63) is 53.1 Å². The van der Waals surface area contributed by atoms with E-state index in [4.69, 9.17) is 18.9 Å². The van der Waals surface area contributed by atoms with E-state index in [9.17, 15) is 9.59 Å². The molecule has 150 valence electrons. The minimum absolute atomic E-state index is 0.0823. The fourth-order valence-corrected chi connectivity index (χ4v) is 2.67. The summed E-state index contributed by atoms with van der Waals surface area (Å²) < 4.78 is 25.9. The number of ether oxygens (including phenoxy) is 5. The summed E-state index contributed by atoms with van der Waals surface area (Å²) >= 11 is 0. The number of rotatable bonds is 9. The van der Waals surface area contributed by atoms with Crippen LogP contribution in [0.15, 0.2) is 36.4 Å². The Morgan fingerprint density at radius 1 is 0.857 bits per heavy atom. The van der Waals surface area contributed by atoms with Crippen molar-refractivity contribution in [2.75, 3.05) is 28.4 Å². The van der Waals surface area contributed by atoms with E-state index in [2.05, 4.69) is 4.74 Å². The topological polar surface area (TPSA) is 80.3 Å². The summed E-state index contributed by atoms with van der Waals surface area (Å²) in [5.41, 5.74) is 1.98. The van der Waals surface area contributed by atoms with Crippen LogP contribution in [0.3, 0.4) is 0 Å². The lowest BCUT2D eigenvalue weighted by atomic mass is 10.1. The second kappa shape index (κ2) is 10.2. The molecule has 7 heteroatoms. The molecular weight excluding hydrogens is 364 g/mol. The minimum Gasteiger partial charge on any atom is -0.493 e. The van der Waals surface area contributed by atoms with Crippen LogP contribution in [0.1, 0.15) is 27.9 Å². The number of carbonyl (C=O) groups is 2. The normalized spacial score (nSPS) is 10.1. The summed E-state index contributed by atoms with van der Waals surface area (Å²) in [4.78, 5) is 23.6. The van der Waals surface area contributed by atoms with Gasteiger partial charge in [0.25, 0.3) is 0 Å². The van der Waals surface area contributed by atoms with E-state index >= 15 is 0 Å². The molecule has 0 amide bonds. The van der Waals surface area contributed by atoms with Crippen molar-refractivity contribution in [3.63, 3.8) is 0 Å². The number of hydrogen-bond acceptors (Lipinski definition) is 7. The van der Waals surface area contributed by atoms with Crippen LogP contribution in [0.5, 0.6) is 17.2 Å². The highest BCUT2D eigenvalue weighted by molar-refractivity contribution is 5.89. The Hall–Kier alpha value is -3.22. The van der Waals surface area contributed by atoms with Gasteiger partial charge < -0.3 is 23.7 Å². The molecule has 0 spiro atoms. The molecule has 28 heavy (non-hydrogen) atoms. The summed E-state index contributed by atoms with van der Waals surface area (Å²) in [5.74, 6) is 0.782. The molecule has 0 heterocycles. The van der Waals surface area contributed by atoms with Crippen LogP contribution in [0.25, 0.3) is 0 Å². The van der Waals surface area contributed by atoms with Crippen LogP contribution in [0, 0.1) is 0 Å². The molecule has 0 unspecified atom stereocenters. The van der Waals surface area contributed by atoms with Crippen molar-refractivity contribution in [3.8, 4) is 17.2 Å². The van der Waals surface area contributed by atoms with Crippen LogP contribution in [0.4, 0.5) is 0 Å². The van der Waals surface area contributed by atoms with Gasteiger partial charge in [-0.25, -0.2) is 4.79 Å². The Kier molecular flexibility index (Phi) is 7.68. The van der Waals surface area contributed by atoms with Gasteiger partial charge >= 0.3 is 11.9 Å². The fourth-order valence-electron chi connectivity index (χ4n) is 2.67. The van der Waals surface area contributed by atoms with Gasteiger partial charge in [0.1, 0.15) is 6.61 Å². The highest BCUT2D eigenvalue weighted by Crippen LogP contribution is 2.38. The summed E-state index contributed by atoms with van der Waals surface area (Å²) in [6, 6.07) is 10.4. The highest BCUT2D eigenvalue weighted by Gasteiger charge is 2.14. The van der Waals surface area contributed by atoms with Gasteiger partial charge in [-0.2, -0.15) is 0 Å². The smallest absolute Gasteiger partial charge is 0.337 e. The predicted molar refractivity (Wildman–Crippen MR) is 102 cm³/mol. The molecule has 7 nitrogen and oxygen atoms in total. The zero-order valence-electron chi connectivity index (χ0n) is 16.4. The molecule has 0 N–H and O–H groups in total. The molecule has 0 fully saturated rings. The first kappa shape index (κ1) is 21.1. The molecule has 0 radical (unpaired) electrons. The molecule has 0 aliphatic carbocycles. The van der Waals surface area contributed by atoms with Crippen molar-refractivity contribution in [2.45, 2.75) is 19.4 Å². The molecular formula is C21H24O7. The second-order valence-electron chi connectivity index (χ2n) is 5.89. The van der Waals surface area contributed by atoms with Crippen molar-refractivity contribution in [1.29, 1.82) is 0 Å². The van der Waals surface area contributed by atoms with Crippen molar-refractivity contribution >= 4 is 11.9 Å². The third-order valence-corrected chi connectivity index (χ3v) is 4.09. The molecule has 0 aliphatic heterocycles. The summed E-state index contributed by atoms with van der Waals surface area (Å²) in [7, 11) is 5.93. The van der Waals surface area contributed by atoms with Crippen LogP contribution in [0.2, 0.25) is 0 Å². The standard InChI is InChI=1S/C21H24O7/c1-24-17-11-14(12-18(25-2)20(17)26-3)8-9-19(22)28-13-15-6-5-7-16(10-15)21(23)27-4/h5-7,10-12H,8-9,13H2,1-4H3. The van der Waals surface area contributed by atoms with E-state index in [1.165, 1.54) is 28.4 Å². The van der Waals surface area contributed by atoms with Gasteiger partial charge in [0.15, 0.2) is 11.5 Å². The van der Waals surface area contributed by atoms with Gasteiger partial charge in [0.05, 0.1) is 34.0 Å². The van der Waals surface area contributed by atoms with E-state index in [1.54, 1.807) is 36.4 Å². The highest BCUT2D eigenvalue weighted by atomic mass is 16.5. The minimum atomic E-state index is -0.435. The Labute approximate surface area is 164 Å². The lowest BCUT2D eigenvalue weighted by Gasteiger charge is -2.14. The average Bonchev–Trinajstić information content (AvgIpc) is 2.74. The number of benzene rings is 2. The third kappa shape index (κ3) is 5.39. The first-order valence-electron chi connectivity index (χ1n) is 8.64. The molecule has 2 rings (SSSR count). The van der Waals surface area contributed by atoms with Gasteiger partial charge in [-0.15, -0.1) is 0 Å². The lowest BCUT2D eigenvalue weighted by Crippen LogP contribution is -2.07. The first-order chi connectivity index (χ1) is 13.5. The molecule has 0 aliphatic rings. The SMILES string of the molecule is COC(=O)c1cccc(COC(=O)CCc2cc(OC)c(OC)c(OC)c2)c1. The molecule has 0 bridgehead atoms. The zero-order valence-corrected chi connectivity index (χ0v) is 16.4. The van der Waals surface area contributed by atoms with Crippen LogP contribution in [-0.2, 0) is 27.3 Å². The van der Waals surface area contributed by atoms with E-state index in [0.717, 1.165) is 5.56 Å². The zero-order chi connectivity index (χ0) is 20.5. The number of esters is 2. The van der Waals surface area contributed by atoms with Crippen LogP contribution in [-0.4, -0.2) is 40.4 Å². The van der Waals surface area contributed by atoms with Crippen molar-refractivity contribution in [2.24, 2.45) is 0 Å². The van der Waals surface area contributed by atoms with E-state index < -0.39 is 5.97 Å². The third-order valence-electron chi connectivity index (χ3n) is 4.09. The lowest BCUT2D eigenvalue weighted by molar-refractivity contribution is -0.144. The van der Waals surface area contributed by atoms with Gasteiger partial charge in [-0.3, -0.25) is 4.79 Å². The Balaban J connectivity index is 1.95. The maximum Gasteiger partial charge on any atom is 0.337 e. The quantitative estimate of drug-likeness (QED) is 0.610. The summed E-state index contributed by atoms with van der Waals surface area (Å²) in [6.45, 7) is 0.0823. The summed E-state index contributed by atoms with van der Waals surface area (Å²) in [5, 5.41) is 0. The summed E-state index contributed by atoms with van der Waals surface area (Å²) in [6.07, 6.45) is 0.646. The molecule has 2 aromatic carbocycles. The van der Waals surface area contributed by atoms with Crippen molar-refractivity contribution < 1.29 is 33.3 Å². The molecule has 0 aromatic heterocycles. The Morgan fingerprint density at radius 3 is 2.11 bits per heavy atom. The maximum atomic E-state index is 12.1. The Morgan fingerprint density at radius 2 is 1.54 bits per heavy atom. The second-order valence-corrected chi connectivity index (χ2v) is 5.89. The Bertz CT molecular complexity index is 804. The van der Waals surface area contributed by atoms with Crippen LogP contribution < -0.4 is 14.2 Å². The van der Waals surface area contributed by atoms with Gasteiger partial charge in [0, 0.05) is 6.42 Å². The van der Waals surface area contributed by atoms with Crippen molar-refractivity contribution in [1.82, 2.24) is 0 Å². The van der Waals surface area contributed by atoms with Gasteiger partial charge in [-0.05, 0) is 41.8 Å². The number of carbonyl (C=O) groups excluding carboxylic acids is 2. The maximum absolute atomic E-state index is 12.1. The molecule has 0 saturated heterocycles. The van der Waals surface area contributed by atoms with E-state index in [-0.39, 0.29) is 19.0 Å². The van der Waals surface area contributed by atoms with Crippen LogP contribution >= 0.6 is 0 Å². The monoisotopic (exact) mass is 388 g/mol. The number of hydrogen-bond donors (Lipinski definition) is 0. The number of methoxy groups -OCH3 is 4. The first-order valence-corrected chi connectivity index (χ1v) is 8.64. The fraction of sp³-hybridized carbons (Fsp3) is 0.333. The van der Waals surface area contributed by atoms with E-state index in [1.807, 2.05) is 0 Å². The van der Waals surface area contributed by atoms with E-state index in [0.29, 0.717) is 34.8 Å².